The van der Waals surface area contributed by atoms with Crippen LogP contribution in [0.25, 0.3) is 0 Å². The van der Waals surface area contributed by atoms with Gasteiger partial charge < -0.3 is 0 Å². The second-order valence-corrected chi connectivity index (χ2v) is 10.1. The Bertz CT molecular complexity index is 1210. The summed E-state index contributed by atoms with van der Waals surface area (Å²) < 4.78 is 27.6. The molecule has 0 heterocycles. The molecule has 0 unspecified atom stereocenters. The first-order chi connectivity index (χ1) is 14.9. The Balaban J connectivity index is 1.81. The van der Waals surface area contributed by atoms with Crippen LogP contribution in [0.5, 0.6) is 0 Å². The Hall–Kier alpha value is -2.59. The summed E-state index contributed by atoms with van der Waals surface area (Å²) in [5, 5.41) is 1.01. The first-order valence-electron chi connectivity index (χ1n) is 9.83. The number of hydrogen-bond donors (Lipinski definition) is 0. The molecule has 5 heteroatoms. The molecule has 31 heavy (non-hydrogen) atoms. The van der Waals surface area contributed by atoms with Crippen LogP contribution in [0.4, 0.5) is 0 Å². The van der Waals surface area contributed by atoms with E-state index < -0.39 is 9.84 Å². The minimum absolute atomic E-state index is 0.261. The Kier molecular flexibility index (Phi) is 6.47. The van der Waals surface area contributed by atoms with Crippen LogP contribution in [0.15, 0.2) is 107 Å². The lowest BCUT2D eigenvalue weighted by molar-refractivity contribution is 0.594. The van der Waals surface area contributed by atoms with Crippen LogP contribution in [0.2, 0.25) is 10.0 Å². The first-order valence-corrected chi connectivity index (χ1v) is 12.1. The molecular formula is C26H20Cl2O2S. The summed E-state index contributed by atoms with van der Waals surface area (Å²) >= 11 is 12.5. The van der Waals surface area contributed by atoms with Crippen molar-refractivity contribution in [2.24, 2.45) is 0 Å². The maximum Gasteiger partial charge on any atom is 0.207 e. The maximum atomic E-state index is 13.8. The van der Waals surface area contributed by atoms with E-state index >= 15 is 0 Å². The van der Waals surface area contributed by atoms with Crippen molar-refractivity contribution in [2.45, 2.75) is 22.6 Å². The van der Waals surface area contributed by atoms with Gasteiger partial charge in [0.1, 0.15) is 0 Å². The van der Waals surface area contributed by atoms with Gasteiger partial charge in [-0.25, -0.2) is 8.42 Å². The van der Waals surface area contributed by atoms with Gasteiger partial charge in [0, 0.05) is 10.0 Å². The van der Waals surface area contributed by atoms with Gasteiger partial charge in [0.25, 0.3) is 0 Å². The van der Waals surface area contributed by atoms with Crippen molar-refractivity contribution in [1.29, 1.82) is 0 Å². The van der Waals surface area contributed by atoms with E-state index in [-0.39, 0.29) is 9.79 Å². The topological polar surface area (TPSA) is 34.1 Å². The largest absolute Gasteiger partial charge is 0.218 e. The molecule has 0 amide bonds. The average Bonchev–Trinajstić information content (AvgIpc) is 2.75. The molecule has 0 radical (unpaired) electrons. The summed E-state index contributed by atoms with van der Waals surface area (Å²) in [6.07, 6.45) is 0.940. The van der Waals surface area contributed by atoms with Gasteiger partial charge in [-0.2, -0.15) is 0 Å². The van der Waals surface area contributed by atoms with Crippen LogP contribution in [-0.2, 0) is 22.7 Å². The van der Waals surface area contributed by atoms with Gasteiger partial charge >= 0.3 is 0 Å². The van der Waals surface area contributed by atoms with Gasteiger partial charge in [0.2, 0.25) is 9.84 Å². The van der Waals surface area contributed by atoms with E-state index in [1.807, 2.05) is 60.7 Å². The molecule has 4 aromatic carbocycles. The standard InChI is InChI=1S/C26H20Cl2O2S/c27-23-11-13-25(21(17-23)15-19-7-3-1-4-8-19)31(29,30)26-14-12-24(28)18-22(26)16-20-9-5-2-6-10-20/h1-14,17-18H,15-16H2. The third-order valence-electron chi connectivity index (χ3n) is 5.10. The Labute approximate surface area is 193 Å². The fraction of sp³-hybridized carbons (Fsp3) is 0.0769. The zero-order valence-corrected chi connectivity index (χ0v) is 19.0. The van der Waals surface area contributed by atoms with Crippen molar-refractivity contribution >= 4 is 33.0 Å². The highest BCUT2D eigenvalue weighted by Crippen LogP contribution is 2.32. The quantitative estimate of drug-likeness (QED) is 0.306. The summed E-state index contributed by atoms with van der Waals surface area (Å²) in [4.78, 5) is 0.523. The molecule has 0 aliphatic heterocycles. The van der Waals surface area contributed by atoms with E-state index in [2.05, 4.69) is 0 Å². The van der Waals surface area contributed by atoms with E-state index in [1.165, 1.54) is 0 Å². The van der Waals surface area contributed by atoms with Crippen LogP contribution in [0.1, 0.15) is 22.3 Å². The molecule has 0 bridgehead atoms. The normalized spacial score (nSPS) is 11.4. The number of sulfone groups is 1. The van der Waals surface area contributed by atoms with E-state index in [4.69, 9.17) is 23.2 Å². The fourth-order valence-corrected chi connectivity index (χ4v) is 5.72. The van der Waals surface area contributed by atoms with E-state index in [0.717, 1.165) is 11.1 Å². The monoisotopic (exact) mass is 466 g/mol. The van der Waals surface area contributed by atoms with Gasteiger partial charge in [-0.3, -0.25) is 0 Å². The van der Waals surface area contributed by atoms with Crippen LogP contribution in [0, 0.1) is 0 Å². The van der Waals surface area contributed by atoms with Crippen LogP contribution < -0.4 is 0 Å². The maximum absolute atomic E-state index is 13.8. The summed E-state index contributed by atoms with van der Waals surface area (Å²) in [6.45, 7) is 0. The highest BCUT2D eigenvalue weighted by Gasteiger charge is 2.25. The molecule has 0 aromatic heterocycles. The summed E-state index contributed by atoms with van der Waals surface area (Å²) in [5.74, 6) is 0. The van der Waals surface area contributed by atoms with Crippen molar-refractivity contribution in [2.75, 3.05) is 0 Å². The summed E-state index contributed by atoms with van der Waals surface area (Å²) in [5.41, 5.74) is 3.36. The predicted molar refractivity (Wildman–Crippen MR) is 127 cm³/mol. The van der Waals surface area contributed by atoms with Gasteiger partial charge in [0.15, 0.2) is 0 Å². The molecule has 4 aromatic rings. The number of hydrogen-bond acceptors (Lipinski definition) is 2. The Morgan fingerprint density at radius 1 is 0.548 bits per heavy atom. The molecule has 0 N–H and O–H groups in total. The third-order valence-corrected chi connectivity index (χ3v) is 7.52. The van der Waals surface area contributed by atoms with Gasteiger partial charge in [0.05, 0.1) is 9.79 Å². The molecule has 0 aliphatic rings. The molecule has 0 fully saturated rings. The van der Waals surface area contributed by atoms with Crippen LogP contribution >= 0.6 is 23.2 Å². The van der Waals surface area contributed by atoms with Crippen molar-refractivity contribution in [3.63, 3.8) is 0 Å². The second kappa shape index (κ2) is 9.27. The molecule has 2 nitrogen and oxygen atoms in total. The zero-order chi connectivity index (χ0) is 21.8. The molecular weight excluding hydrogens is 447 g/mol. The summed E-state index contributed by atoms with van der Waals surface area (Å²) in [6, 6.07) is 29.4. The van der Waals surface area contributed by atoms with Crippen LogP contribution in [-0.4, -0.2) is 8.42 Å². The van der Waals surface area contributed by atoms with Crippen molar-refractivity contribution in [3.05, 3.63) is 129 Å². The highest BCUT2D eigenvalue weighted by atomic mass is 35.5. The molecule has 0 aliphatic carbocycles. The van der Waals surface area contributed by atoms with Gasteiger partial charge in [-0.15, -0.1) is 0 Å². The Morgan fingerprint density at radius 3 is 1.32 bits per heavy atom. The minimum Gasteiger partial charge on any atom is -0.218 e. The lowest BCUT2D eigenvalue weighted by Crippen LogP contribution is -2.09. The fourth-order valence-electron chi connectivity index (χ4n) is 3.65. The summed E-state index contributed by atoms with van der Waals surface area (Å²) in [7, 11) is -3.79. The number of benzene rings is 4. The zero-order valence-electron chi connectivity index (χ0n) is 16.6. The number of halogens is 2. The van der Waals surface area contributed by atoms with Crippen LogP contribution in [0.3, 0.4) is 0 Å². The Morgan fingerprint density at radius 2 is 0.935 bits per heavy atom. The molecule has 156 valence electrons. The van der Waals surface area contributed by atoms with Crippen molar-refractivity contribution in [3.8, 4) is 0 Å². The van der Waals surface area contributed by atoms with Crippen molar-refractivity contribution in [1.82, 2.24) is 0 Å². The molecule has 4 rings (SSSR count). The van der Waals surface area contributed by atoms with Gasteiger partial charge in [-0.1, -0.05) is 83.9 Å². The molecule has 0 atom stereocenters. The molecule has 0 spiro atoms. The molecule has 0 saturated carbocycles. The SMILES string of the molecule is O=S(=O)(c1ccc(Cl)cc1Cc1ccccc1)c1ccc(Cl)cc1Cc1ccccc1. The predicted octanol–water partition coefficient (Wildman–Crippen LogP) is 7.01. The second-order valence-electron chi connectivity index (χ2n) is 7.33. The molecule has 0 saturated heterocycles. The van der Waals surface area contributed by atoms with Crippen molar-refractivity contribution < 1.29 is 8.42 Å². The lowest BCUT2D eigenvalue weighted by Gasteiger charge is -2.15. The van der Waals surface area contributed by atoms with Gasteiger partial charge in [-0.05, 0) is 71.5 Å². The minimum atomic E-state index is -3.79. The smallest absolute Gasteiger partial charge is 0.207 e. The van der Waals surface area contributed by atoms with E-state index in [1.54, 1.807) is 36.4 Å². The van der Waals surface area contributed by atoms with E-state index in [0.29, 0.717) is 34.0 Å². The lowest BCUT2D eigenvalue weighted by atomic mass is 10.1. The average molecular weight is 467 g/mol. The first kappa shape index (κ1) is 21.6. The van der Waals surface area contributed by atoms with E-state index in [9.17, 15) is 8.42 Å². The number of rotatable bonds is 6. The highest BCUT2D eigenvalue weighted by molar-refractivity contribution is 7.91. The third kappa shape index (κ3) is 5.01.